The maximum atomic E-state index is 11.9. The SMILES string of the molecule is COC(=O)[C@H](CCSC)NC(=O)CCc1ccccc1.Cl. The fourth-order valence-electron chi connectivity index (χ4n) is 1.80. The predicted octanol–water partition coefficient (Wildman–Crippen LogP) is 2.45. The highest BCUT2D eigenvalue weighted by Gasteiger charge is 2.20. The van der Waals surface area contributed by atoms with Crippen LogP contribution in [-0.4, -0.2) is 37.0 Å². The minimum absolute atomic E-state index is 0. The van der Waals surface area contributed by atoms with Gasteiger partial charge in [-0.2, -0.15) is 11.8 Å². The lowest BCUT2D eigenvalue weighted by atomic mass is 10.1. The van der Waals surface area contributed by atoms with Crippen LogP contribution in [0.3, 0.4) is 0 Å². The minimum atomic E-state index is -0.546. The van der Waals surface area contributed by atoms with Crippen LogP contribution in [0.5, 0.6) is 0 Å². The van der Waals surface area contributed by atoms with Crippen molar-refractivity contribution in [2.45, 2.75) is 25.3 Å². The fraction of sp³-hybridized carbons (Fsp3) is 0.467. The lowest BCUT2D eigenvalue weighted by Gasteiger charge is -2.16. The molecule has 0 aliphatic rings. The molecule has 1 amide bonds. The van der Waals surface area contributed by atoms with Crippen LogP contribution in [0.1, 0.15) is 18.4 Å². The van der Waals surface area contributed by atoms with E-state index < -0.39 is 6.04 Å². The summed E-state index contributed by atoms with van der Waals surface area (Å²) in [5, 5.41) is 2.75. The topological polar surface area (TPSA) is 55.4 Å². The standard InChI is InChI=1S/C15H21NO3S.ClH/c1-19-15(18)13(10-11-20-2)16-14(17)9-8-12-6-4-3-5-7-12;/h3-7,13H,8-11H2,1-2H3,(H,16,17);1H/t13-;/m0./s1. The minimum Gasteiger partial charge on any atom is -0.467 e. The molecule has 0 aromatic heterocycles. The molecule has 0 saturated heterocycles. The number of thioether (sulfide) groups is 1. The Hall–Kier alpha value is -1.20. The number of ether oxygens (including phenoxy) is 1. The third-order valence-corrected chi connectivity index (χ3v) is 3.56. The zero-order valence-electron chi connectivity index (χ0n) is 12.3. The number of carbonyl (C=O) groups excluding carboxylic acids is 2. The fourth-order valence-corrected chi connectivity index (χ4v) is 2.27. The summed E-state index contributed by atoms with van der Waals surface area (Å²) in [7, 11) is 1.34. The van der Waals surface area contributed by atoms with Gasteiger partial charge in [0.1, 0.15) is 6.04 Å². The highest BCUT2D eigenvalue weighted by Crippen LogP contribution is 2.05. The molecular formula is C15H22ClNO3S. The summed E-state index contributed by atoms with van der Waals surface area (Å²) in [6.45, 7) is 0. The Morgan fingerprint density at radius 2 is 1.95 bits per heavy atom. The monoisotopic (exact) mass is 331 g/mol. The van der Waals surface area contributed by atoms with E-state index in [-0.39, 0.29) is 24.3 Å². The van der Waals surface area contributed by atoms with Crippen LogP contribution in [0.4, 0.5) is 0 Å². The number of hydrogen-bond donors (Lipinski definition) is 1. The maximum absolute atomic E-state index is 11.9. The Kier molecular flexibility index (Phi) is 10.8. The number of carbonyl (C=O) groups is 2. The maximum Gasteiger partial charge on any atom is 0.328 e. The molecule has 0 heterocycles. The number of methoxy groups -OCH3 is 1. The van der Waals surface area contributed by atoms with Gasteiger partial charge in [-0.1, -0.05) is 30.3 Å². The van der Waals surface area contributed by atoms with Gasteiger partial charge in [-0.3, -0.25) is 4.79 Å². The second kappa shape index (κ2) is 11.5. The third kappa shape index (κ3) is 7.97. The van der Waals surface area contributed by atoms with Crippen molar-refractivity contribution in [3.05, 3.63) is 35.9 Å². The molecule has 0 aliphatic heterocycles. The Morgan fingerprint density at radius 3 is 2.52 bits per heavy atom. The number of esters is 1. The van der Waals surface area contributed by atoms with Crippen LogP contribution < -0.4 is 5.32 Å². The smallest absolute Gasteiger partial charge is 0.328 e. The van der Waals surface area contributed by atoms with Gasteiger partial charge < -0.3 is 10.1 Å². The highest BCUT2D eigenvalue weighted by atomic mass is 35.5. The average molecular weight is 332 g/mol. The zero-order chi connectivity index (χ0) is 14.8. The predicted molar refractivity (Wildman–Crippen MR) is 89.0 cm³/mol. The van der Waals surface area contributed by atoms with E-state index in [0.29, 0.717) is 19.3 Å². The summed E-state index contributed by atoms with van der Waals surface area (Å²) in [4.78, 5) is 23.5. The van der Waals surface area contributed by atoms with Crippen LogP contribution >= 0.6 is 24.2 Å². The van der Waals surface area contributed by atoms with Crippen LogP contribution in [0, 0.1) is 0 Å². The van der Waals surface area contributed by atoms with Crippen molar-refractivity contribution in [2.75, 3.05) is 19.1 Å². The van der Waals surface area contributed by atoms with Crippen LogP contribution in [0.15, 0.2) is 30.3 Å². The van der Waals surface area contributed by atoms with Crippen molar-refractivity contribution in [1.82, 2.24) is 5.32 Å². The van der Waals surface area contributed by atoms with Gasteiger partial charge in [0.2, 0.25) is 5.91 Å². The molecular weight excluding hydrogens is 310 g/mol. The summed E-state index contributed by atoms with van der Waals surface area (Å²) < 4.78 is 4.71. The molecule has 0 radical (unpaired) electrons. The first-order valence-electron chi connectivity index (χ1n) is 6.57. The van der Waals surface area contributed by atoms with E-state index in [1.807, 2.05) is 36.6 Å². The van der Waals surface area contributed by atoms with Crippen LogP contribution in [-0.2, 0) is 20.7 Å². The first-order valence-corrected chi connectivity index (χ1v) is 7.96. The van der Waals surface area contributed by atoms with Crippen molar-refractivity contribution in [2.24, 2.45) is 0 Å². The first kappa shape index (κ1) is 19.8. The molecule has 1 rings (SSSR count). The molecule has 118 valence electrons. The summed E-state index contributed by atoms with van der Waals surface area (Å²) >= 11 is 1.64. The normalized spacial score (nSPS) is 11.1. The Balaban J connectivity index is 0.00000400. The van der Waals surface area contributed by atoms with Crippen molar-refractivity contribution >= 4 is 36.0 Å². The van der Waals surface area contributed by atoms with Gasteiger partial charge in [0.15, 0.2) is 0 Å². The molecule has 0 fully saturated rings. The van der Waals surface area contributed by atoms with Gasteiger partial charge in [0.25, 0.3) is 0 Å². The molecule has 1 atom stereocenters. The van der Waals surface area contributed by atoms with Gasteiger partial charge in [0.05, 0.1) is 7.11 Å². The Labute approximate surface area is 136 Å². The van der Waals surface area contributed by atoms with Crippen LogP contribution in [0.25, 0.3) is 0 Å². The summed E-state index contributed by atoms with van der Waals surface area (Å²) in [6, 6.07) is 9.26. The number of amides is 1. The summed E-state index contributed by atoms with van der Waals surface area (Å²) in [6.07, 6.45) is 3.59. The van der Waals surface area contributed by atoms with E-state index in [1.165, 1.54) is 7.11 Å². The largest absolute Gasteiger partial charge is 0.467 e. The number of hydrogen-bond acceptors (Lipinski definition) is 4. The Morgan fingerprint density at radius 1 is 1.29 bits per heavy atom. The molecule has 1 N–H and O–H groups in total. The molecule has 0 bridgehead atoms. The van der Waals surface area contributed by atoms with E-state index in [9.17, 15) is 9.59 Å². The summed E-state index contributed by atoms with van der Waals surface area (Å²) in [5.74, 6) is 0.302. The van der Waals surface area contributed by atoms with Crippen molar-refractivity contribution < 1.29 is 14.3 Å². The average Bonchev–Trinajstić information content (AvgIpc) is 2.49. The number of halogens is 1. The third-order valence-electron chi connectivity index (χ3n) is 2.92. The quantitative estimate of drug-likeness (QED) is 0.743. The van der Waals surface area contributed by atoms with Gasteiger partial charge in [-0.25, -0.2) is 4.79 Å². The zero-order valence-corrected chi connectivity index (χ0v) is 14.0. The molecule has 0 aliphatic carbocycles. The molecule has 0 unspecified atom stereocenters. The summed E-state index contributed by atoms with van der Waals surface area (Å²) in [5.41, 5.74) is 1.11. The number of rotatable bonds is 8. The van der Waals surface area contributed by atoms with Crippen molar-refractivity contribution in [1.29, 1.82) is 0 Å². The van der Waals surface area contributed by atoms with E-state index in [4.69, 9.17) is 4.74 Å². The molecule has 21 heavy (non-hydrogen) atoms. The van der Waals surface area contributed by atoms with E-state index in [0.717, 1.165) is 11.3 Å². The molecule has 0 spiro atoms. The lowest BCUT2D eigenvalue weighted by molar-refractivity contribution is -0.145. The molecule has 0 saturated carbocycles. The van der Waals surface area contributed by atoms with E-state index in [1.54, 1.807) is 11.8 Å². The Bertz CT molecular complexity index is 428. The molecule has 1 aromatic rings. The molecule has 4 nitrogen and oxygen atoms in total. The molecule has 1 aromatic carbocycles. The van der Waals surface area contributed by atoms with E-state index >= 15 is 0 Å². The second-order valence-electron chi connectivity index (χ2n) is 4.41. The molecule has 6 heteroatoms. The highest BCUT2D eigenvalue weighted by molar-refractivity contribution is 7.98. The van der Waals surface area contributed by atoms with Crippen molar-refractivity contribution in [3.8, 4) is 0 Å². The van der Waals surface area contributed by atoms with Crippen molar-refractivity contribution in [3.63, 3.8) is 0 Å². The number of aryl methyl sites for hydroxylation is 1. The number of benzene rings is 1. The second-order valence-corrected chi connectivity index (χ2v) is 5.40. The first-order chi connectivity index (χ1) is 9.67. The van der Waals surface area contributed by atoms with Gasteiger partial charge in [-0.05, 0) is 30.4 Å². The van der Waals surface area contributed by atoms with E-state index in [2.05, 4.69) is 5.32 Å². The van der Waals surface area contributed by atoms with Gasteiger partial charge >= 0.3 is 5.97 Å². The van der Waals surface area contributed by atoms with Gasteiger partial charge in [-0.15, -0.1) is 12.4 Å². The van der Waals surface area contributed by atoms with Gasteiger partial charge in [0, 0.05) is 6.42 Å². The van der Waals surface area contributed by atoms with Crippen LogP contribution in [0.2, 0.25) is 0 Å². The lowest BCUT2D eigenvalue weighted by Crippen LogP contribution is -2.42. The number of nitrogens with one attached hydrogen (secondary N) is 1.